The second-order valence-corrected chi connectivity index (χ2v) is 7.56. The molecule has 3 aromatic rings. The van der Waals surface area contributed by atoms with Crippen LogP contribution in [0.15, 0.2) is 78.9 Å². The van der Waals surface area contributed by atoms with Crippen LogP contribution in [0.2, 0.25) is 0 Å². The summed E-state index contributed by atoms with van der Waals surface area (Å²) in [5.74, 6) is -0.443. The van der Waals surface area contributed by atoms with Gasteiger partial charge < -0.3 is 21.3 Å². The van der Waals surface area contributed by atoms with Crippen LogP contribution >= 0.6 is 0 Å². The summed E-state index contributed by atoms with van der Waals surface area (Å²) >= 11 is 0. The highest BCUT2D eigenvalue weighted by Crippen LogP contribution is 2.15. The highest BCUT2D eigenvalue weighted by molar-refractivity contribution is 5.97. The van der Waals surface area contributed by atoms with Gasteiger partial charge in [-0.05, 0) is 61.0 Å². The second-order valence-electron chi connectivity index (χ2n) is 7.56. The fraction of sp³-hybridized carbons (Fsp3) is 0.192. The van der Waals surface area contributed by atoms with Gasteiger partial charge in [0.05, 0.1) is 12.6 Å². The van der Waals surface area contributed by atoms with Gasteiger partial charge in [0, 0.05) is 29.0 Å². The maximum Gasteiger partial charge on any atom is 0.251 e. The first kappa shape index (κ1) is 23.5. The molecule has 0 bridgehead atoms. The molecule has 0 fully saturated rings. The molecule has 1 unspecified atom stereocenters. The van der Waals surface area contributed by atoms with Gasteiger partial charge in [-0.3, -0.25) is 14.4 Å². The molecule has 7 heteroatoms. The van der Waals surface area contributed by atoms with Gasteiger partial charge in [-0.25, -0.2) is 0 Å². The van der Waals surface area contributed by atoms with E-state index in [4.69, 9.17) is 0 Å². The lowest BCUT2D eigenvalue weighted by molar-refractivity contribution is -0.116. The molecule has 0 saturated carbocycles. The van der Waals surface area contributed by atoms with Crippen molar-refractivity contribution in [3.05, 3.63) is 90.0 Å². The number of amides is 3. The number of nitrogens with one attached hydrogen (secondary N) is 4. The van der Waals surface area contributed by atoms with Crippen LogP contribution in [0.3, 0.4) is 0 Å². The van der Waals surface area contributed by atoms with Crippen molar-refractivity contribution in [3.8, 4) is 0 Å². The maximum absolute atomic E-state index is 12.5. The lowest BCUT2D eigenvalue weighted by Gasteiger charge is -2.14. The zero-order valence-electron chi connectivity index (χ0n) is 18.7. The van der Waals surface area contributed by atoms with Crippen LogP contribution in [0, 0.1) is 0 Å². The van der Waals surface area contributed by atoms with Crippen molar-refractivity contribution in [2.45, 2.75) is 26.3 Å². The molecule has 0 aliphatic carbocycles. The lowest BCUT2D eigenvalue weighted by atomic mass is 10.1. The Balaban J connectivity index is 1.46. The maximum atomic E-state index is 12.5. The predicted molar refractivity (Wildman–Crippen MR) is 131 cm³/mol. The zero-order valence-corrected chi connectivity index (χ0v) is 18.7. The molecule has 1 atom stereocenters. The van der Waals surface area contributed by atoms with E-state index in [-0.39, 0.29) is 30.3 Å². The van der Waals surface area contributed by atoms with Gasteiger partial charge in [-0.1, -0.05) is 37.3 Å². The minimum atomic E-state index is -0.215. The predicted octanol–water partition coefficient (Wildman–Crippen LogP) is 4.58. The van der Waals surface area contributed by atoms with Crippen molar-refractivity contribution in [3.63, 3.8) is 0 Å². The molecule has 0 aromatic heterocycles. The molecule has 0 spiro atoms. The van der Waals surface area contributed by atoms with Gasteiger partial charge in [0.25, 0.3) is 5.91 Å². The van der Waals surface area contributed by atoms with Gasteiger partial charge in [-0.15, -0.1) is 0 Å². The number of anilines is 3. The van der Waals surface area contributed by atoms with Crippen LogP contribution in [0.5, 0.6) is 0 Å². The molecule has 7 nitrogen and oxygen atoms in total. The summed E-state index contributed by atoms with van der Waals surface area (Å²) in [5.41, 5.74) is 3.62. The van der Waals surface area contributed by atoms with Crippen molar-refractivity contribution in [1.29, 1.82) is 0 Å². The molecule has 33 heavy (non-hydrogen) atoms. The van der Waals surface area contributed by atoms with Gasteiger partial charge in [-0.2, -0.15) is 0 Å². The Morgan fingerprint density at radius 1 is 0.727 bits per heavy atom. The SMILES string of the molecule is CCC(=O)Nc1ccc(NCC(=O)Nc2ccc(C(=O)NC(C)c3ccccc3)cc2)cc1. The van der Waals surface area contributed by atoms with Crippen LogP contribution < -0.4 is 21.3 Å². The summed E-state index contributed by atoms with van der Waals surface area (Å²) in [7, 11) is 0. The lowest BCUT2D eigenvalue weighted by Crippen LogP contribution is -2.26. The molecular weight excluding hydrogens is 416 g/mol. The summed E-state index contributed by atoms with van der Waals surface area (Å²) < 4.78 is 0. The normalized spacial score (nSPS) is 11.2. The Hall–Kier alpha value is -4.13. The molecule has 0 heterocycles. The third kappa shape index (κ3) is 7.21. The highest BCUT2D eigenvalue weighted by atomic mass is 16.2. The van der Waals surface area contributed by atoms with E-state index in [9.17, 15) is 14.4 Å². The Morgan fingerprint density at radius 2 is 1.27 bits per heavy atom. The fourth-order valence-corrected chi connectivity index (χ4v) is 3.12. The summed E-state index contributed by atoms with van der Waals surface area (Å²) in [6, 6.07) is 23.5. The molecule has 3 aromatic carbocycles. The van der Waals surface area contributed by atoms with E-state index in [0.717, 1.165) is 11.3 Å². The summed E-state index contributed by atoms with van der Waals surface area (Å²) in [4.78, 5) is 36.2. The molecule has 0 radical (unpaired) electrons. The number of hydrogen-bond acceptors (Lipinski definition) is 4. The largest absolute Gasteiger partial charge is 0.376 e. The Bertz CT molecular complexity index is 1080. The van der Waals surface area contributed by atoms with Crippen molar-refractivity contribution >= 4 is 34.8 Å². The van der Waals surface area contributed by atoms with Crippen molar-refractivity contribution in [2.24, 2.45) is 0 Å². The van der Waals surface area contributed by atoms with E-state index >= 15 is 0 Å². The van der Waals surface area contributed by atoms with Crippen LogP contribution in [0.1, 0.15) is 42.2 Å². The number of hydrogen-bond donors (Lipinski definition) is 4. The van der Waals surface area contributed by atoms with E-state index in [1.807, 2.05) is 37.3 Å². The van der Waals surface area contributed by atoms with E-state index in [0.29, 0.717) is 23.4 Å². The van der Waals surface area contributed by atoms with Crippen LogP contribution in [-0.4, -0.2) is 24.3 Å². The monoisotopic (exact) mass is 444 g/mol. The molecule has 170 valence electrons. The number of carbonyl (C=O) groups is 3. The molecule has 0 aliphatic rings. The summed E-state index contributed by atoms with van der Waals surface area (Å²) in [5, 5.41) is 11.6. The Labute approximate surface area is 193 Å². The molecular formula is C26H28N4O3. The molecule has 0 saturated heterocycles. The highest BCUT2D eigenvalue weighted by Gasteiger charge is 2.11. The first-order chi connectivity index (χ1) is 15.9. The first-order valence-corrected chi connectivity index (χ1v) is 10.8. The minimum Gasteiger partial charge on any atom is -0.376 e. The van der Waals surface area contributed by atoms with E-state index < -0.39 is 0 Å². The summed E-state index contributed by atoms with van der Waals surface area (Å²) in [6.45, 7) is 3.81. The molecule has 0 aliphatic heterocycles. The topological polar surface area (TPSA) is 99.3 Å². The third-order valence-electron chi connectivity index (χ3n) is 5.02. The Morgan fingerprint density at radius 3 is 1.88 bits per heavy atom. The van der Waals surface area contributed by atoms with E-state index in [1.54, 1.807) is 55.5 Å². The third-order valence-corrected chi connectivity index (χ3v) is 5.02. The number of carbonyl (C=O) groups excluding carboxylic acids is 3. The fourth-order valence-electron chi connectivity index (χ4n) is 3.12. The first-order valence-electron chi connectivity index (χ1n) is 10.8. The van der Waals surface area contributed by atoms with E-state index in [2.05, 4.69) is 21.3 Å². The van der Waals surface area contributed by atoms with Crippen molar-refractivity contribution in [2.75, 3.05) is 22.5 Å². The van der Waals surface area contributed by atoms with Crippen LogP contribution in [-0.2, 0) is 9.59 Å². The Kier molecular flexibility index (Phi) is 8.18. The van der Waals surface area contributed by atoms with E-state index in [1.165, 1.54) is 0 Å². The molecule has 4 N–H and O–H groups in total. The molecule has 3 amide bonds. The second kappa shape index (κ2) is 11.5. The van der Waals surface area contributed by atoms with Crippen molar-refractivity contribution < 1.29 is 14.4 Å². The number of benzene rings is 3. The average molecular weight is 445 g/mol. The van der Waals surface area contributed by atoms with Gasteiger partial charge in [0.1, 0.15) is 0 Å². The smallest absolute Gasteiger partial charge is 0.251 e. The average Bonchev–Trinajstić information content (AvgIpc) is 2.84. The zero-order chi connectivity index (χ0) is 23.6. The van der Waals surface area contributed by atoms with Crippen molar-refractivity contribution in [1.82, 2.24) is 5.32 Å². The van der Waals surface area contributed by atoms with Gasteiger partial charge in [0.2, 0.25) is 11.8 Å². The van der Waals surface area contributed by atoms with Crippen LogP contribution in [0.25, 0.3) is 0 Å². The minimum absolute atomic E-state index is 0.0516. The van der Waals surface area contributed by atoms with Gasteiger partial charge in [0.15, 0.2) is 0 Å². The standard InChI is InChI=1S/C26H28N4O3/c1-3-24(31)29-23-15-13-21(14-16-23)27-17-25(32)30-22-11-9-20(10-12-22)26(33)28-18(2)19-7-5-4-6-8-19/h4-16,18,27H,3,17H2,1-2H3,(H,28,33)(H,29,31)(H,30,32). The summed E-state index contributed by atoms with van der Waals surface area (Å²) in [6.07, 6.45) is 0.415. The molecule has 3 rings (SSSR count). The quantitative estimate of drug-likeness (QED) is 0.388. The van der Waals surface area contributed by atoms with Crippen LogP contribution in [0.4, 0.5) is 17.1 Å². The van der Waals surface area contributed by atoms with Gasteiger partial charge >= 0.3 is 0 Å². The number of rotatable bonds is 9.